The number of thiophene rings is 1. The third-order valence-corrected chi connectivity index (χ3v) is 8.20. The van der Waals surface area contributed by atoms with Gasteiger partial charge in [-0.2, -0.15) is 11.3 Å². The number of thioether (sulfide) groups is 1. The van der Waals surface area contributed by atoms with E-state index in [0.717, 1.165) is 41.6 Å². The Balaban J connectivity index is 1.23. The maximum absolute atomic E-state index is 13.1. The first-order valence-corrected chi connectivity index (χ1v) is 15.0. The third kappa shape index (κ3) is 7.70. The van der Waals surface area contributed by atoms with Gasteiger partial charge in [-0.05, 0) is 73.2 Å². The molecule has 1 saturated heterocycles. The van der Waals surface area contributed by atoms with Gasteiger partial charge in [0.2, 0.25) is 12.7 Å². The van der Waals surface area contributed by atoms with Crippen molar-refractivity contribution in [1.82, 2.24) is 25.2 Å². The summed E-state index contributed by atoms with van der Waals surface area (Å²) in [5, 5.41) is 9.17. The molecule has 1 saturated carbocycles. The van der Waals surface area contributed by atoms with E-state index in [-0.39, 0.29) is 23.5 Å². The number of rotatable bonds is 9. The first-order chi connectivity index (χ1) is 20.3. The molecule has 3 amide bonds. The molecule has 5 rings (SSSR count). The van der Waals surface area contributed by atoms with Gasteiger partial charge in [-0.25, -0.2) is 14.8 Å². The highest BCUT2D eigenvalue weighted by Gasteiger charge is 2.31. The molecule has 2 fully saturated rings. The Bertz CT molecular complexity index is 1490. The van der Waals surface area contributed by atoms with Crippen LogP contribution in [0.15, 0.2) is 52.2 Å². The summed E-state index contributed by atoms with van der Waals surface area (Å²) in [6, 6.07) is 9.32. The number of nitrogens with zero attached hydrogens (tertiary/aromatic N) is 4. The molecule has 0 unspecified atom stereocenters. The first kappa shape index (κ1) is 29.2. The average Bonchev–Trinajstić information content (AvgIpc) is 3.62. The zero-order valence-corrected chi connectivity index (χ0v) is 24.3. The number of esters is 1. The second kappa shape index (κ2) is 13.6. The van der Waals surface area contributed by atoms with Gasteiger partial charge in [0.25, 0.3) is 11.1 Å². The van der Waals surface area contributed by atoms with Crippen LogP contribution in [-0.4, -0.2) is 61.9 Å². The van der Waals surface area contributed by atoms with E-state index >= 15 is 0 Å². The van der Waals surface area contributed by atoms with Gasteiger partial charge in [0.1, 0.15) is 0 Å². The number of carbonyl (C=O) groups is 4. The topological polar surface area (TPSA) is 153 Å². The van der Waals surface area contributed by atoms with Gasteiger partial charge in [-0.3, -0.25) is 29.6 Å². The lowest BCUT2D eigenvalue weighted by molar-refractivity contribution is -0.149. The Hall–Kier alpha value is -4.30. The SMILES string of the molecule is CC(=O)OCOC(=O)N(Cc1cccc(-c2ccsc2)n1)[C@H]1CC[C@H](Nc2nccc(/C=C3\SC(=O)NC3=O)n2)CC1. The van der Waals surface area contributed by atoms with Gasteiger partial charge in [0, 0.05) is 36.1 Å². The predicted molar refractivity (Wildman–Crippen MR) is 157 cm³/mol. The highest BCUT2D eigenvalue weighted by molar-refractivity contribution is 8.18. The Morgan fingerprint density at radius 2 is 1.95 bits per heavy atom. The molecule has 0 radical (unpaired) electrons. The van der Waals surface area contributed by atoms with Crippen LogP contribution in [0.3, 0.4) is 0 Å². The number of nitrogens with one attached hydrogen (secondary N) is 2. The van der Waals surface area contributed by atoms with E-state index in [1.807, 2.05) is 35.0 Å². The van der Waals surface area contributed by atoms with E-state index < -0.39 is 30.0 Å². The predicted octanol–water partition coefficient (Wildman–Crippen LogP) is 4.81. The molecule has 3 aromatic heterocycles. The van der Waals surface area contributed by atoms with Crippen molar-refractivity contribution in [3.63, 3.8) is 0 Å². The summed E-state index contributed by atoms with van der Waals surface area (Å²) in [6.07, 6.45) is 5.41. The van der Waals surface area contributed by atoms with E-state index in [1.54, 1.807) is 34.6 Å². The average molecular weight is 609 g/mol. The smallest absolute Gasteiger partial charge is 0.413 e. The van der Waals surface area contributed by atoms with Crippen LogP contribution < -0.4 is 10.6 Å². The lowest BCUT2D eigenvalue weighted by Gasteiger charge is -2.36. The lowest BCUT2D eigenvalue weighted by Crippen LogP contribution is -2.44. The molecule has 3 aromatic rings. The number of anilines is 1. The van der Waals surface area contributed by atoms with Gasteiger partial charge in [0.05, 0.1) is 28.5 Å². The summed E-state index contributed by atoms with van der Waals surface area (Å²) < 4.78 is 10.1. The number of carbonyl (C=O) groups excluding carboxylic acids is 4. The number of ether oxygens (including phenoxy) is 2. The van der Waals surface area contributed by atoms with Crippen molar-refractivity contribution in [1.29, 1.82) is 0 Å². The number of pyridine rings is 1. The molecule has 42 heavy (non-hydrogen) atoms. The summed E-state index contributed by atoms with van der Waals surface area (Å²) in [6.45, 7) is 1.04. The minimum absolute atomic E-state index is 0.0637. The quantitative estimate of drug-likeness (QED) is 0.196. The van der Waals surface area contributed by atoms with Crippen LogP contribution >= 0.6 is 23.1 Å². The van der Waals surface area contributed by atoms with Gasteiger partial charge in [-0.1, -0.05) is 6.07 Å². The fourth-order valence-electron chi connectivity index (χ4n) is 4.69. The lowest BCUT2D eigenvalue weighted by atomic mass is 9.90. The molecule has 2 N–H and O–H groups in total. The van der Waals surface area contributed by atoms with Crippen molar-refractivity contribution < 1.29 is 28.7 Å². The molecule has 0 spiro atoms. The Kier molecular flexibility index (Phi) is 9.44. The molecule has 1 aliphatic carbocycles. The van der Waals surface area contributed by atoms with Crippen molar-refractivity contribution in [3.8, 4) is 11.3 Å². The molecular weight excluding hydrogens is 580 g/mol. The summed E-state index contributed by atoms with van der Waals surface area (Å²) in [5.41, 5.74) is 3.07. The van der Waals surface area contributed by atoms with Crippen molar-refractivity contribution in [2.75, 3.05) is 12.1 Å². The maximum atomic E-state index is 13.1. The van der Waals surface area contributed by atoms with Gasteiger partial charge in [-0.15, -0.1) is 0 Å². The molecule has 1 aliphatic heterocycles. The Morgan fingerprint density at radius 3 is 2.67 bits per heavy atom. The van der Waals surface area contributed by atoms with Crippen molar-refractivity contribution >= 4 is 58.3 Å². The summed E-state index contributed by atoms with van der Waals surface area (Å²) in [4.78, 5) is 63.0. The van der Waals surface area contributed by atoms with Crippen LogP contribution in [0.1, 0.15) is 44.0 Å². The van der Waals surface area contributed by atoms with Crippen molar-refractivity contribution in [2.24, 2.45) is 0 Å². The molecule has 0 aromatic carbocycles. The monoisotopic (exact) mass is 608 g/mol. The number of hydrogen-bond donors (Lipinski definition) is 2. The molecule has 218 valence electrons. The van der Waals surface area contributed by atoms with E-state index in [0.29, 0.717) is 24.5 Å². The number of hydrogen-bond acceptors (Lipinski definition) is 12. The number of imide groups is 1. The van der Waals surface area contributed by atoms with Crippen LogP contribution in [0.2, 0.25) is 0 Å². The van der Waals surface area contributed by atoms with Crippen molar-refractivity contribution in [3.05, 3.63) is 63.6 Å². The van der Waals surface area contributed by atoms with Crippen LogP contribution in [0.25, 0.3) is 17.3 Å². The number of amides is 3. The highest BCUT2D eigenvalue weighted by Crippen LogP contribution is 2.28. The third-order valence-electron chi connectivity index (χ3n) is 6.70. The fourth-order valence-corrected chi connectivity index (χ4v) is 6.01. The molecule has 14 heteroatoms. The molecule has 0 bridgehead atoms. The Morgan fingerprint density at radius 1 is 1.12 bits per heavy atom. The van der Waals surface area contributed by atoms with E-state index in [1.165, 1.54) is 6.92 Å². The molecule has 0 atom stereocenters. The summed E-state index contributed by atoms with van der Waals surface area (Å²) in [5.74, 6) is -0.567. The van der Waals surface area contributed by atoms with Crippen LogP contribution in [0.5, 0.6) is 0 Å². The van der Waals surface area contributed by atoms with Gasteiger partial charge >= 0.3 is 12.1 Å². The maximum Gasteiger partial charge on any atom is 0.413 e. The zero-order chi connectivity index (χ0) is 29.5. The Labute approximate surface area is 249 Å². The fraction of sp³-hybridized carbons (Fsp3) is 0.321. The summed E-state index contributed by atoms with van der Waals surface area (Å²) in [7, 11) is 0. The van der Waals surface area contributed by atoms with Crippen LogP contribution in [-0.2, 0) is 25.6 Å². The van der Waals surface area contributed by atoms with Gasteiger partial charge < -0.3 is 14.8 Å². The normalized spacial score (nSPS) is 19.3. The molecule has 2 aliphatic rings. The standard InChI is InChI=1S/C28H28N6O6S2/c1-17(35)39-16-40-28(38)34(14-21-3-2-4-23(30-21)18-10-12-41-15-18)22-7-5-19(6-8-22)31-26-29-11-9-20(32-26)13-24-25(36)33-27(37)42-24/h2-4,9-13,15,19,22H,5-8,14,16H2,1H3,(H,29,31,32)(H,33,36,37)/b24-13-/t19-,22-. The second-order valence-corrected chi connectivity index (χ2v) is 11.4. The van der Waals surface area contributed by atoms with E-state index in [9.17, 15) is 19.2 Å². The summed E-state index contributed by atoms with van der Waals surface area (Å²) >= 11 is 2.42. The van der Waals surface area contributed by atoms with E-state index in [4.69, 9.17) is 14.5 Å². The number of aromatic nitrogens is 3. The van der Waals surface area contributed by atoms with E-state index in [2.05, 4.69) is 20.6 Å². The second-order valence-electron chi connectivity index (χ2n) is 9.63. The van der Waals surface area contributed by atoms with Gasteiger partial charge in [0.15, 0.2) is 0 Å². The molecule has 12 nitrogen and oxygen atoms in total. The minimum atomic E-state index is -0.577. The first-order valence-electron chi connectivity index (χ1n) is 13.2. The van der Waals surface area contributed by atoms with Crippen LogP contribution in [0, 0.1) is 0 Å². The molecular formula is C28H28N6O6S2. The highest BCUT2D eigenvalue weighted by atomic mass is 32.2. The van der Waals surface area contributed by atoms with Crippen LogP contribution in [0.4, 0.5) is 15.5 Å². The molecule has 4 heterocycles. The minimum Gasteiger partial charge on any atom is -0.428 e. The van der Waals surface area contributed by atoms with Crippen molar-refractivity contribution in [2.45, 2.75) is 51.2 Å². The zero-order valence-electron chi connectivity index (χ0n) is 22.6. The largest absolute Gasteiger partial charge is 0.428 e.